The summed E-state index contributed by atoms with van der Waals surface area (Å²) < 4.78 is 38.4. The maximum absolute atomic E-state index is 13.6. The number of nitro benzene ring substituents is 1. The summed E-state index contributed by atoms with van der Waals surface area (Å²) in [6, 6.07) is 17.1. The zero-order valence-electron chi connectivity index (χ0n) is 21.6. The van der Waals surface area contributed by atoms with Crippen LogP contribution in [0.25, 0.3) is 10.9 Å². The van der Waals surface area contributed by atoms with Gasteiger partial charge < -0.3 is 14.8 Å². The van der Waals surface area contributed by atoms with Crippen LogP contribution in [0.4, 0.5) is 11.4 Å². The molecule has 0 fully saturated rings. The Balaban J connectivity index is 1.72. The topological polar surface area (TPSA) is 147 Å². The van der Waals surface area contributed by atoms with Gasteiger partial charge in [0.1, 0.15) is 23.7 Å². The van der Waals surface area contributed by atoms with Crippen LogP contribution in [0.5, 0.6) is 5.75 Å². The Morgan fingerprint density at radius 2 is 1.75 bits per heavy atom. The van der Waals surface area contributed by atoms with Gasteiger partial charge >= 0.3 is 5.97 Å². The quantitative estimate of drug-likeness (QED) is 0.159. The third kappa shape index (κ3) is 5.63. The fraction of sp³-hybridized carbons (Fsp3) is 0.185. The minimum absolute atomic E-state index is 0.0566. The van der Waals surface area contributed by atoms with Crippen molar-refractivity contribution >= 4 is 55.8 Å². The molecule has 0 spiro atoms. The Morgan fingerprint density at radius 3 is 2.40 bits per heavy atom. The van der Waals surface area contributed by atoms with Crippen molar-refractivity contribution in [3.05, 3.63) is 93.6 Å². The summed E-state index contributed by atoms with van der Waals surface area (Å²) in [6.45, 7) is 3.07. The second kappa shape index (κ2) is 11.0. The average Bonchev–Trinajstić information content (AvgIpc) is 3.32. The molecule has 0 aliphatic heterocycles. The van der Waals surface area contributed by atoms with Gasteiger partial charge in [0.25, 0.3) is 21.6 Å². The number of ether oxygens (including phenoxy) is 2. The predicted molar refractivity (Wildman–Crippen MR) is 148 cm³/mol. The Bertz CT molecular complexity index is 1730. The molecule has 0 atom stereocenters. The standard InChI is InChI=1S/C27H24ClN3O8S/c1-27(2,26(33)38-3)16-39-19-10-11-21(23(15-19)31(34)35)29-25(32)24-14-17-13-18(28)9-12-22(17)30(24)40(36,37)20-7-5-4-6-8-20/h4-15H,16H2,1-3H3,(H,29,32). The molecule has 0 radical (unpaired) electrons. The van der Waals surface area contributed by atoms with Crippen molar-refractivity contribution in [1.29, 1.82) is 0 Å². The largest absolute Gasteiger partial charge is 0.492 e. The van der Waals surface area contributed by atoms with E-state index in [1.54, 1.807) is 32.0 Å². The first-order valence-electron chi connectivity index (χ1n) is 11.8. The number of fused-ring (bicyclic) bond motifs is 1. The van der Waals surface area contributed by atoms with E-state index in [4.69, 9.17) is 21.1 Å². The molecule has 208 valence electrons. The number of hydrogen-bond acceptors (Lipinski definition) is 8. The summed E-state index contributed by atoms with van der Waals surface area (Å²) in [5.41, 5.74) is -1.79. The van der Waals surface area contributed by atoms with E-state index in [2.05, 4.69) is 5.32 Å². The zero-order valence-corrected chi connectivity index (χ0v) is 23.2. The zero-order chi connectivity index (χ0) is 29.2. The monoisotopic (exact) mass is 585 g/mol. The number of methoxy groups -OCH3 is 1. The first-order valence-corrected chi connectivity index (χ1v) is 13.6. The number of benzene rings is 3. The molecule has 0 aliphatic carbocycles. The molecule has 4 aromatic rings. The molecule has 1 amide bonds. The van der Waals surface area contributed by atoms with Gasteiger partial charge in [0.15, 0.2) is 0 Å². The molecule has 0 aliphatic rings. The highest BCUT2D eigenvalue weighted by molar-refractivity contribution is 7.90. The van der Waals surface area contributed by atoms with Gasteiger partial charge in [0.2, 0.25) is 0 Å². The Hall–Kier alpha value is -4.42. The van der Waals surface area contributed by atoms with E-state index in [0.29, 0.717) is 10.4 Å². The minimum Gasteiger partial charge on any atom is -0.492 e. The molecule has 0 bridgehead atoms. The van der Waals surface area contributed by atoms with Gasteiger partial charge in [-0.15, -0.1) is 0 Å². The van der Waals surface area contributed by atoms with Crippen LogP contribution in [-0.4, -0.2) is 42.9 Å². The third-order valence-electron chi connectivity index (χ3n) is 5.99. The molecule has 1 heterocycles. The summed E-state index contributed by atoms with van der Waals surface area (Å²) >= 11 is 6.10. The van der Waals surface area contributed by atoms with Crippen LogP contribution >= 0.6 is 11.6 Å². The number of nitrogens with one attached hydrogen (secondary N) is 1. The Labute approximate surface area is 234 Å². The summed E-state index contributed by atoms with van der Waals surface area (Å²) in [4.78, 5) is 36.4. The molecule has 40 heavy (non-hydrogen) atoms. The molecule has 11 nitrogen and oxygen atoms in total. The fourth-order valence-corrected chi connectivity index (χ4v) is 5.63. The summed E-state index contributed by atoms with van der Waals surface area (Å²) in [5, 5.41) is 15.0. The molecular weight excluding hydrogens is 562 g/mol. The summed E-state index contributed by atoms with van der Waals surface area (Å²) in [7, 11) is -3.00. The second-order valence-electron chi connectivity index (χ2n) is 9.37. The average molecular weight is 586 g/mol. The highest BCUT2D eigenvalue weighted by atomic mass is 35.5. The van der Waals surface area contributed by atoms with E-state index >= 15 is 0 Å². The van der Waals surface area contributed by atoms with Crippen LogP contribution in [0.1, 0.15) is 24.3 Å². The highest BCUT2D eigenvalue weighted by Gasteiger charge is 2.31. The van der Waals surface area contributed by atoms with Crippen LogP contribution in [0, 0.1) is 15.5 Å². The highest BCUT2D eigenvalue weighted by Crippen LogP contribution is 2.33. The molecule has 3 aromatic carbocycles. The van der Waals surface area contributed by atoms with Crippen LogP contribution in [0.15, 0.2) is 77.7 Å². The lowest BCUT2D eigenvalue weighted by molar-refractivity contribution is -0.384. The van der Waals surface area contributed by atoms with E-state index < -0.39 is 37.9 Å². The number of carbonyl (C=O) groups excluding carboxylic acids is 2. The minimum atomic E-state index is -4.25. The normalized spacial score (nSPS) is 11.7. The molecule has 0 saturated heterocycles. The number of aromatic nitrogens is 1. The van der Waals surface area contributed by atoms with E-state index in [0.717, 1.165) is 10.0 Å². The van der Waals surface area contributed by atoms with E-state index in [1.807, 2.05) is 0 Å². The van der Waals surface area contributed by atoms with Crippen molar-refractivity contribution in [2.24, 2.45) is 5.41 Å². The molecule has 0 saturated carbocycles. The van der Waals surface area contributed by atoms with E-state index in [9.17, 15) is 28.1 Å². The Kier molecular flexibility index (Phi) is 7.85. The maximum atomic E-state index is 13.6. The number of esters is 1. The van der Waals surface area contributed by atoms with Crippen molar-refractivity contribution in [1.82, 2.24) is 3.97 Å². The van der Waals surface area contributed by atoms with Gasteiger partial charge in [-0.25, -0.2) is 12.4 Å². The number of carbonyl (C=O) groups is 2. The maximum Gasteiger partial charge on any atom is 0.314 e. The third-order valence-corrected chi connectivity index (χ3v) is 7.96. The van der Waals surface area contributed by atoms with Crippen molar-refractivity contribution in [3.8, 4) is 5.75 Å². The van der Waals surface area contributed by atoms with Crippen LogP contribution in [0.3, 0.4) is 0 Å². The number of halogens is 1. The van der Waals surface area contributed by atoms with Gasteiger partial charge in [0.05, 0.1) is 33.9 Å². The van der Waals surface area contributed by atoms with Crippen LogP contribution in [-0.2, 0) is 19.6 Å². The van der Waals surface area contributed by atoms with Gasteiger partial charge in [-0.3, -0.25) is 19.7 Å². The van der Waals surface area contributed by atoms with Crippen molar-refractivity contribution in [3.63, 3.8) is 0 Å². The summed E-state index contributed by atoms with van der Waals surface area (Å²) in [6.07, 6.45) is 0. The molecule has 1 aromatic heterocycles. The van der Waals surface area contributed by atoms with E-state index in [-0.39, 0.29) is 34.1 Å². The fourth-order valence-electron chi connectivity index (χ4n) is 3.92. The number of amides is 1. The van der Waals surface area contributed by atoms with Gasteiger partial charge in [-0.05, 0) is 62.4 Å². The molecule has 1 N–H and O–H groups in total. The van der Waals surface area contributed by atoms with Crippen molar-refractivity contribution < 1.29 is 32.4 Å². The van der Waals surface area contributed by atoms with E-state index in [1.165, 1.54) is 55.6 Å². The Morgan fingerprint density at radius 1 is 1.05 bits per heavy atom. The van der Waals surface area contributed by atoms with Crippen molar-refractivity contribution in [2.75, 3.05) is 19.0 Å². The molecule has 13 heteroatoms. The number of nitrogens with zero attached hydrogens (tertiary/aromatic N) is 2. The van der Waals surface area contributed by atoms with Crippen LogP contribution < -0.4 is 10.1 Å². The molecule has 0 unspecified atom stereocenters. The SMILES string of the molecule is COC(=O)C(C)(C)COc1ccc(NC(=O)c2cc3cc(Cl)ccc3n2S(=O)(=O)c2ccccc2)c([N+](=O)[O-])c1. The smallest absolute Gasteiger partial charge is 0.314 e. The van der Waals surface area contributed by atoms with Gasteiger partial charge in [-0.2, -0.15) is 0 Å². The van der Waals surface area contributed by atoms with Gasteiger partial charge in [0, 0.05) is 10.4 Å². The summed E-state index contributed by atoms with van der Waals surface area (Å²) in [5.74, 6) is -1.35. The predicted octanol–water partition coefficient (Wildman–Crippen LogP) is 5.27. The van der Waals surface area contributed by atoms with Gasteiger partial charge in [-0.1, -0.05) is 29.8 Å². The number of rotatable bonds is 9. The number of anilines is 1. The lowest BCUT2D eigenvalue weighted by Crippen LogP contribution is -2.32. The first-order chi connectivity index (χ1) is 18.8. The lowest BCUT2D eigenvalue weighted by atomic mass is 9.95. The first kappa shape index (κ1) is 28.6. The molecule has 4 rings (SSSR count). The lowest BCUT2D eigenvalue weighted by Gasteiger charge is -2.21. The molecular formula is C27H24ClN3O8S. The second-order valence-corrected chi connectivity index (χ2v) is 11.6. The number of nitro groups is 1. The number of hydrogen-bond donors (Lipinski definition) is 1. The van der Waals surface area contributed by atoms with Crippen LogP contribution in [0.2, 0.25) is 5.02 Å². The van der Waals surface area contributed by atoms with Crippen molar-refractivity contribution in [2.45, 2.75) is 18.7 Å².